The molecular weight excluding hydrogens is 390 g/mol. The Morgan fingerprint density at radius 3 is 1.95 bits per heavy atom. The summed E-state index contributed by atoms with van der Waals surface area (Å²) < 4.78 is 24.4. The number of hydrogen-bond donors (Lipinski definition) is 0. The Morgan fingerprint density at radius 2 is 1.55 bits per heavy atom. The Kier molecular flexibility index (Phi) is 6.85. The molecule has 0 aliphatic rings. The van der Waals surface area contributed by atoms with Crippen LogP contribution in [0.2, 0.25) is 0 Å². The lowest BCUT2D eigenvalue weighted by Gasteiger charge is -2.22. The number of ketones is 1. The van der Waals surface area contributed by atoms with E-state index in [1.54, 1.807) is 39.8 Å². The summed E-state index contributed by atoms with van der Waals surface area (Å²) in [6.45, 7) is 7.08. The third-order valence-electron chi connectivity index (χ3n) is 2.25. The smallest absolute Gasteiger partial charge is 0.305 e. The van der Waals surface area contributed by atoms with Crippen LogP contribution in [0.4, 0.5) is 0 Å². The second-order valence-corrected chi connectivity index (χ2v) is 8.21. The van der Waals surface area contributed by atoms with Crippen LogP contribution < -0.4 is 0 Å². The van der Waals surface area contributed by atoms with Crippen molar-refractivity contribution >= 4 is 36.0 Å². The molecule has 4 nitrogen and oxygen atoms in total. The molecular formula is C14H20IO4P. The van der Waals surface area contributed by atoms with Gasteiger partial charge in [-0.25, -0.2) is 0 Å². The van der Waals surface area contributed by atoms with Crippen LogP contribution in [0.25, 0.3) is 0 Å². The van der Waals surface area contributed by atoms with E-state index in [1.807, 2.05) is 12.1 Å². The maximum absolute atomic E-state index is 12.6. The summed E-state index contributed by atoms with van der Waals surface area (Å²) in [5.74, 6) is -0.231. The van der Waals surface area contributed by atoms with E-state index in [4.69, 9.17) is 9.05 Å². The van der Waals surface area contributed by atoms with Crippen molar-refractivity contribution in [1.29, 1.82) is 0 Å². The van der Waals surface area contributed by atoms with Gasteiger partial charge in [0.25, 0.3) is 0 Å². The zero-order valence-corrected chi connectivity index (χ0v) is 15.2. The molecule has 0 bridgehead atoms. The molecule has 20 heavy (non-hydrogen) atoms. The molecule has 0 saturated heterocycles. The summed E-state index contributed by atoms with van der Waals surface area (Å²) in [5.41, 5.74) is 0.519. The predicted molar refractivity (Wildman–Crippen MR) is 88.4 cm³/mol. The lowest BCUT2D eigenvalue weighted by Crippen LogP contribution is -2.15. The molecule has 0 unspecified atom stereocenters. The molecule has 0 saturated carbocycles. The highest BCUT2D eigenvalue weighted by Crippen LogP contribution is 2.50. The summed E-state index contributed by atoms with van der Waals surface area (Å²) in [6.07, 6.45) is -0.752. The standard InChI is InChI=1S/C14H20IO4P/c1-10(2)18-20(17,19-11(3)4)9-14(16)12-5-7-13(15)8-6-12/h5-8,10-11H,9H2,1-4H3. The summed E-state index contributed by atoms with van der Waals surface area (Å²) in [5, 5.41) is 0. The van der Waals surface area contributed by atoms with Crippen molar-refractivity contribution in [2.45, 2.75) is 39.9 Å². The van der Waals surface area contributed by atoms with E-state index in [1.165, 1.54) is 0 Å². The Hall–Kier alpha value is -0.230. The Labute approximate surface area is 133 Å². The van der Waals surface area contributed by atoms with Gasteiger partial charge in [-0.2, -0.15) is 0 Å². The Bertz CT molecular complexity index is 482. The lowest BCUT2D eigenvalue weighted by molar-refractivity contribution is 0.0988. The first-order chi connectivity index (χ1) is 9.22. The molecule has 6 heteroatoms. The third-order valence-corrected chi connectivity index (χ3v) is 5.13. The second-order valence-electron chi connectivity index (χ2n) is 5.01. The predicted octanol–water partition coefficient (Wildman–Crippen LogP) is 4.52. The number of halogens is 1. The van der Waals surface area contributed by atoms with E-state index in [0.717, 1.165) is 3.57 Å². The SMILES string of the molecule is CC(C)OP(=O)(CC(=O)c1ccc(I)cc1)OC(C)C. The molecule has 0 radical (unpaired) electrons. The molecule has 0 N–H and O–H groups in total. The molecule has 0 aliphatic carbocycles. The van der Waals surface area contributed by atoms with E-state index < -0.39 is 7.60 Å². The average molecular weight is 410 g/mol. The average Bonchev–Trinajstić information content (AvgIpc) is 2.26. The minimum Gasteiger partial charge on any atom is -0.305 e. The van der Waals surface area contributed by atoms with Crippen LogP contribution in [0, 0.1) is 3.57 Å². The third kappa shape index (κ3) is 6.04. The first kappa shape index (κ1) is 17.8. The maximum Gasteiger partial charge on any atom is 0.338 e. The molecule has 1 aromatic rings. The molecule has 0 heterocycles. The normalized spacial score (nSPS) is 12.2. The number of rotatable bonds is 7. The van der Waals surface area contributed by atoms with Crippen molar-refractivity contribution < 1.29 is 18.4 Å². The number of hydrogen-bond acceptors (Lipinski definition) is 4. The molecule has 0 aliphatic heterocycles. The van der Waals surface area contributed by atoms with Crippen molar-refractivity contribution in [2.24, 2.45) is 0 Å². The minimum atomic E-state index is -3.42. The van der Waals surface area contributed by atoms with Gasteiger partial charge in [-0.15, -0.1) is 0 Å². The Balaban J connectivity index is 2.86. The number of Topliss-reactive ketones (excluding diaryl/α,β-unsaturated/α-hetero) is 1. The first-order valence-corrected chi connectivity index (χ1v) is 9.27. The van der Waals surface area contributed by atoms with E-state index >= 15 is 0 Å². The van der Waals surface area contributed by atoms with Crippen molar-refractivity contribution in [3.63, 3.8) is 0 Å². The van der Waals surface area contributed by atoms with E-state index in [2.05, 4.69) is 22.6 Å². The first-order valence-electron chi connectivity index (χ1n) is 6.46. The summed E-state index contributed by atoms with van der Waals surface area (Å²) in [4.78, 5) is 12.2. The fraction of sp³-hybridized carbons (Fsp3) is 0.500. The van der Waals surface area contributed by atoms with Crippen LogP contribution in [-0.4, -0.2) is 24.2 Å². The van der Waals surface area contributed by atoms with Gasteiger partial charge in [-0.3, -0.25) is 9.36 Å². The monoisotopic (exact) mass is 410 g/mol. The van der Waals surface area contributed by atoms with Crippen molar-refractivity contribution in [1.82, 2.24) is 0 Å². The van der Waals surface area contributed by atoms with Crippen LogP contribution in [-0.2, 0) is 13.6 Å². The van der Waals surface area contributed by atoms with Gasteiger partial charge < -0.3 is 9.05 Å². The van der Waals surface area contributed by atoms with E-state index in [9.17, 15) is 9.36 Å². The van der Waals surface area contributed by atoms with Gasteiger partial charge in [-0.1, -0.05) is 12.1 Å². The molecule has 1 aromatic carbocycles. The fourth-order valence-electron chi connectivity index (χ4n) is 1.64. The number of carbonyl (C=O) groups is 1. The molecule has 0 amide bonds. The maximum atomic E-state index is 12.6. The van der Waals surface area contributed by atoms with E-state index in [0.29, 0.717) is 5.56 Å². The van der Waals surface area contributed by atoms with Crippen LogP contribution in [0.15, 0.2) is 24.3 Å². The lowest BCUT2D eigenvalue weighted by atomic mass is 10.2. The molecule has 1 rings (SSSR count). The van der Waals surface area contributed by atoms with Gasteiger partial charge in [0.15, 0.2) is 5.78 Å². The molecule has 0 fully saturated rings. The highest BCUT2D eigenvalue weighted by Gasteiger charge is 2.31. The molecule has 0 aromatic heterocycles. The second kappa shape index (κ2) is 7.69. The van der Waals surface area contributed by atoms with Gasteiger partial charge in [0, 0.05) is 9.13 Å². The molecule has 112 valence electrons. The summed E-state index contributed by atoms with van der Waals surface area (Å²) >= 11 is 2.16. The Morgan fingerprint density at radius 1 is 1.10 bits per heavy atom. The number of benzene rings is 1. The van der Waals surface area contributed by atoms with Crippen molar-refractivity contribution in [3.8, 4) is 0 Å². The topological polar surface area (TPSA) is 52.6 Å². The largest absolute Gasteiger partial charge is 0.338 e. The van der Waals surface area contributed by atoms with Crippen LogP contribution in [0.5, 0.6) is 0 Å². The minimum absolute atomic E-state index is 0.231. The van der Waals surface area contributed by atoms with Gasteiger partial charge in [0.05, 0.1) is 12.2 Å². The van der Waals surface area contributed by atoms with Crippen LogP contribution >= 0.6 is 30.2 Å². The zero-order chi connectivity index (χ0) is 15.3. The van der Waals surface area contributed by atoms with Crippen LogP contribution in [0.3, 0.4) is 0 Å². The summed E-state index contributed by atoms with van der Waals surface area (Å²) in [7, 11) is -3.42. The van der Waals surface area contributed by atoms with Gasteiger partial charge in [0.2, 0.25) is 0 Å². The zero-order valence-electron chi connectivity index (χ0n) is 12.1. The van der Waals surface area contributed by atoms with Gasteiger partial charge in [-0.05, 0) is 62.4 Å². The summed E-state index contributed by atoms with van der Waals surface area (Å²) in [6, 6.07) is 7.12. The van der Waals surface area contributed by atoms with Crippen molar-refractivity contribution in [3.05, 3.63) is 33.4 Å². The highest BCUT2D eigenvalue weighted by atomic mass is 127. The fourth-order valence-corrected chi connectivity index (χ4v) is 4.02. The highest BCUT2D eigenvalue weighted by molar-refractivity contribution is 14.1. The van der Waals surface area contributed by atoms with Crippen molar-refractivity contribution in [2.75, 3.05) is 6.16 Å². The van der Waals surface area contributed by atoms with Crippen LogP contribution in [0.1, 0.15) is 38.1 Å². The van der Waals surface area contributed by atoms with E-state index in [-0.39, 0.29) is 24.2 Å². The quantitative estimate of drug-likeness (QED) is 0.377. The van der Waals surface area contributed by atoms with Gasteiger partial charge in [0.1, 0.15) is 6.16 Å². The molecule has 0 spiro atoms. The number of carbonyl (C=O) groups excluding carboxylic acids is 1. The van der Waals surface area contributed by atoms with Gasteiger partial charge >= 0.3 is 7.60 Å². The molecule has 0 atom stereocenters.